The number of hydrogen-bond acceptors (Lipinski definition) is 3. The van der Waals surface area contributed by atoms with E-state index in [9.17, 15) is 14.7 Å². The van der Waals surface area contributed by atoms with Gasteiger partial charge in [-0.1, -0.05) is 12.8 Å². The predicted molar refractivity (Wildman–Crippen MR) is 60.3 cm³/mol. The molecular weight excluding hydrogens is 222 g/mol. The Balaban J connectivity index is 1.82. The van der Waals surface area contributed by atoms with Crippen LogP contribution in [-0.2, 0) is 9.59 Å². The molecule has 0 radical (unpaired) electrons. The molecule has 0 aromatic heterocycles. The molecule has 17 heavy (non-hydrogen) atoms. The summed E-state index contributed by atoms with van der Waals surface area (Å²) in [6.45, 7) is 0.398. The van der Waals surface area contributed by atoms with Gasteiger partial charge in [-0.3, -0.25) is 9.59 Å². The highest BCUT2D eigenvalue weighted by Crippen LogP contribution is 2.46. The van der Waals surface area contributed by atoms with Crippen molar-refractivity contribution in [1.29, 1.82) is 0 Å². The molecule has 0 aromatic rings. The minimum atomic E-state index is -1.17. The predicted octanol–water partition coefficient (Wildman–Crippen LogP) is 0.518. The molecular formula is C12H19NO4. The van der Waals surface area contributed by atoms with E-state index in [0.717, 1.165) is 25.7 Å². The van der Waals surface area contributed by atoms with Crippen molar-refractivity contribution >= 4 is 11.9 Å². The number of carboxylic acids is 1. The zero-order valence-electron chi connectivity index (χ0n) is 9.82. The lowest BCUT2D eigenvalue weighted by molar-refractivity contribution is -0.149. The van der Waals surface area contributed by atoms with Gasteiger partial charge in [-0.2, -0.15) is 0 Å². The number of carbonyl (C=O) groups is 2. The Morgan fingerprint density at radius 1 is 1.24 bits per heavy atom. The van der Waals surface area contributed by atoms with Gasteiger partial charge in [-0.05, 0) is 25.7 Å². The molecule has 0 saturated heterocycles. The zero-order valence-corrected chi connectivity index (χ0v) is 9.82. The summed E-state index contributed by atoms with van der Waals surface area (Å²) in [5.41, 5.74) is -1.17. The monoisotopic (exact) mass is 241 g/mol. The molecule has 2 aliphatic carbocycles. The molecule has 0 aliphatic heterocycles. The van der Waals surface area contributed by atoms with E-state index in [1.54, 1.807) is 0 Å². The Labute approximate surface area is 100 Å². The number of rotatable bonds is 4. The zero-order chi connectivity index (χ0) is 12.5. The van der Waals surface area contributed by atoms with Gasteiger partial charge in [0.1, 0.15) is 5.41 Å². The number of hydrogen-bond donors (Lipinski definition) is 3. The minimum Gasteiger partial charge on any atom is -0.480 e. The minimum absolute atomic E-state index is 0.0808. The first-order chi connectivity index (χ1) is 8.06. The van der Waals surface area contributed by atoms with Crippen LogP contribution in [-0.4, -0.2) is 34.7 Å². The Bertz CT molecular complexity index is 324. The maximum Gasteiger partial charge on any atom is 0.319 e. The maximum atomic E-state index is 11.7. The summed E-state index contributed by atoms with van der Waals surface area (Å²) in [5.74, 6) is -1.33. The number of aliphatic hydroxyl groups excluding tert-OH is 1. The Hall–Kier alpha value is -1.10. The molecule has 0 spiro atoms. The van der Waals surface area contributed by atoms with Gasteiger partial charge >= 0.3 is 5.97 Å². The van der Waals surface area contributed by atoms with Crippen molar-refractivity contribution in [3.8, 4) is 0 Å². The SMILES string of the molecule is O=C(O)C1(C(=O)NC[C@H]2CCCC[C@@H]2O)CC1. The fourth-order valence-electron chi connectivity index (χ4n) is 2.48. The smallest absolute Gasteiger partial charge is 0.319 e. The lowest BCUT2D eigenvalue weighted by Gasteiger charge is -2.28. The number of carboxylic acid groups (broad SMARTS) is 1. The summed E-state index contributed by atoms with van der Waals surface area (Å²) >= 11 is 0. The molecule has 2 aliphatic rings. The van der Waals surface area contributed by atoms with Crippen LogP contribution in [0.4, 0.5) is 0 Å². The lowest BCUT2D eigenvalue weighted by atomic mass is 9.86. The van der Waals surface area contributed by atoms with Crippen LogP contribution in [0.2, 0.25) is 0 Å². The van der Waals surface area contributed by atoms with E-state index in [1.165, 1.54) is 0 Å². The summed E-state index contributed by atoms with van der Waals surface area (Å²) in [6, 6.07) is 0. The third-order valence-electron chi connectivity index (χ3n) is 3.99. The van der Waals surface area contributed by atoms with Crippen LogP contribution in [0.1, 0.15) is 38.5 Å². The van der Waals surface area contributed by atoms with Crippen molar-refractivity contribution in [1.82, 2.24) is 5.32 Å². The quantitative estimate of drug-likeness (QED) is 0.626. The van der Waals surface area contributed by atoms with E-state index >= 15 is 0 Å². The number of carbonyl (C=O) groups excluding carboxylic acids is 1. The molecule has 3 N–H and O–H groups in total. The molecule has 96 valence electrons. The molecule has 5 nitrogen and oxygen atoms in total. The van der Waals surface area contributed by atoms with Gasteiger partial charge in [-0.25, -0.2) is 0 Å². The largest absolute Gasteiger partial charge is 0.480 e. The molecule has 2 atom stereocenters. The van der Waals surface area contributed by atoms with Crippen molar-refractivity contribution in [3.05, 3.63) is 0 Å². The average Bonchev–Trinajstić information content (AvgIpc) is 3.08. The first-order valence-electron chi connectivity index (χ1n) is 6.26. The van der Waals surface area contributed by atoms with Crippen LogP contribution in [0.15, 0.2) is 0 Å². The molecule has 2 rings (SSSR count). The summed E-state index contributed by atoms with van der Waals surface area (Å²) in [5, 5.41) is 21.4. The number of amides is 1. The average molecular weight is 241 g/mol. The highest BCUT2D eigenvalue weighted by Gasteiger charge is 2.57. The molecule has 0 heterocycles. The van der Waals surface area contributed by atoms with Gasteiger partial charge in [0, 0.05) is 12.5 Å². The van der Waals surface area contributed by atoms with Crippen molar-refractivity contribution in [3.63, 3.8) is 0 Å². The molecule has 0 unspecified atom stereocenters. The molecule has 0 bridgehead atoms. The standard InChI is InChI=1S/C12H19NO4/c14-9-4-2-1-3-8(9)7-13-10(15)12(5-6-12)11(16)17/h8-9,14H,1-7H2,(H,13,15)(H,16,17)/t8-,9+/m1/s1. The van der Waals surface area contributed by atoms with Gasteiger partial charge in [0.2, 0.25) is 5.91 Å². The van der Waals surface area contributed by atoms with Crippen LogP contribution in [0, 0.1) is 11.3 Å². The summed E-state index contributed by atoms with van der Waals surface area (Å²) < 4.78 is 0. The second kappa shape index (κ2) is 4.64. The third kappa shape index (κ3) is 2.44. The molecule has 2 saturated carbocycles. The molecule has 5 heteroatoms. The van der Waals surface area contributed by atoms with Crippen LogP contribution in [0.25, 0.3) is 0 Å². The van der Waals surface area contributed by atoms with Crippen LogP contribution in [0.3, 0.4) is 0 Å². The van der Waals surface area contributed by atoms with Crippen LogP contribution < -0.4 is 5.32 Å². The highest BCUT2D eigenvalue weighted by atomic mass is 16.4. The molecule has 2 fully saturated rings. The first-order valence-corrected chi connectivity index (χ1v) is 6.26. The maximum absolute atomic E-state index is 11.7. The Morgan fingerprint density at radius 3 is 2.41 bits per heavy atom. The fraction of sp³-hybridized carbons (Fsp3) is 0.833. The second-order valence-electron chi connectivity index (χ2n) is 5.21. The first kappa shape index (κ1) is 12.4. The van der Waals surface area contributed by atoms with E-state index in [-0.39, 0.29) is 17.9 Å². The van der Waals surface area contributed by atoms with Crippen molar-refractivity contribution in [2.45, 2.75) is 44.6 Å². The summed E-state index contributed by atoms with van der Waals surface area (Å²) in [7, 11) is 0. The van der Waals surface area contributed by atoms with Crippen molar-refractivity contribution in [2.75, 3.05) is 6.54 Å². The van der Waals surface area contributed by atoms with Gasteiger partial charge < -0.3 is 15.5 Å². The third-order valence-corrected chi connectivity index (χ3v) is 3.99. The van der Waals surface area contributed by atoms with Crippen LogP contribution >= 0.6 is 0 Å². The Morgan fingerprint density at radius 2 is 1.88 bits per heavy atom. The van der Waals surface area contributed by atoms with E-state index in [1.807, 2.05) is 0 Å². The van der Waals surface area contributed by atoms with E-state index in [0.29, 0.717) is 19.4 Å². The highest BCUT2D eigenvalue weighted by molar-refractivity contribution is 6.04. The lowest BCUT2D eigenvalue weighted by Crippen LogP contribution is -2.42. The number of nitrogens with one attached hydrogen (secondary N) is 1. The second-order valence-corrected chi connectivity index (χ2v) is 5.21. The van der Waals surface area contributed by atoms with Gasteiger partial charge in [0.15, 0.2) is 0 Å². The van der Waals surface area contributed by atoms with Gasteiger partial charge in [0.25, 0.3) is 0 Å². The number of aliphatic hydroxyl groups is 1. The van der Waals surface area contributed by atoms with Gasteiger partial charge in [-0.15, -0.1) is 0 Å². The van der Waals surface area contributed by atoms with E-state index in [4.69, 9.17) is 5.11 Å². The van der Waals surface area contributed by atoms with E-state index < -0.39 is 11.4 Å². The fourth-order valence-corrected chi connectivity index (χ4v) is 2.48. The molecule has 0 aromatic carbocycles. The number of aliphatic carboxylic acids is 1. The van der Waals surface area contributed by atoms with Gasteiger partial charge in [0.05, 0.1) is 6.10 Å². The topological polar surface area (TPSA) is 86.6 Å². The Kier molecular flexibility index (Phi) is 3.38. The van der Waals surface area contributed by atoms with E-state index in [2.05, 4.69) is 5.32 Å². The van der Waals surface area contributed by atoms with Crippen LogP contribution in [0.5, 0.6) is 0 Å². The van der Waals surface area contributed by atoms with Crippen molar-refractivity contribution < 1.29 is 19.8 Å². The normalized spacial score (nSPS) is 30.6. The summed E-state index contributed by atoms with van der Waals surface area (Å²) in [6.07, 6.45) is 4.30. The van der Waals surface area contributed by atoms with Crippen molar-refractivity contribution in [2.24, 2.45) is 11.3 Å². The molecule has 1 amide bonds. The summed E-state index contributed by atoms with van der Waals surface area (Å²) in [4.78, 5) is 22.7.